The lowest BCUT2D eigenvalue weighted by atomic mass is 9.98. The molecule has 0 aromatic rings. The Balaban J connectivity index is 1.77. The first-order valence-electron chi connectivity index (χ1n) is 6.59. The normalized spacial score (nSPS) is 66.3. The Labute approximate surface area is 97.0 Å². The largest absolute Gasteiger partial charge is 0.374 e. The van der Waals surface area contributed by atoms with Gasteiger partial charge in [0.25, 0.3) is 0 Å². The monoisotopic (exact) mass is 220 g/mol. The summed E-state index contributed by atoms with van der Waals surface area (Å²) >= 11 is 0. The number of hydrogen-bond acceptors (Lipinski definition) is 2. The zero-order valence-corrected chi connectivity index (χ0v) is 10.3. The van der Waals surface area contributed by atoms with E-state index in [4.69, 9.17) is 9.47 Å². The molecule has 88 valence electrons. The summed E-state index contributed by atoms with van der Waals surface area (Å²) in [7, 11) is 0. The topological polar surface area (TPSA) is 18.5 Å². The maximum Gasteiger partial charge on any atom is 0.0902 e. The van der Waals surface area contributed by atoms with Crippen LogP contribution in [0.5, 0.6) is 0 Å². The van der Waals surface area contributed by atoms with Crippen molar-refractivity contribution in [1.82, 2.24) is 0 Å². The minimum Gasteiger partial charge on any atom is -0.374 e. The van der Waals surface area contributed by atoms with Gasteiger partial charge in [-0.3, -0.25) is 0 Å². The summed E-state index contributed by atoms with van der Waals surface area (Å²) in [6.07, 6.45) is 8.04. The van der Waals surface area contributed by atoms with Gasteiger partial charge in [-0.2, -0.15) is 0 Å². The molecule has 0 aromatic carbocycles. The molecule has 16 heavy (non-hydrogen) atoms. The molecule has 0 unspecified atom stereocenters. The van der Waals surface area contributed by atoms with Crippen molar-refractivity contribution in [3.8, 4) is 0 Å². The highest BCUT2D eigenvalue weighted by Crippen LogP contribution is 2.79. The third-order valence-corrected chi connectivity index (χ3v) is 5.46. The van der Waals surface area contributed by atoms with E-state index in [9.17, 15) is 0 Å². The van der Waals surface area contributed by atoms with Crippen molar-refractivity contribution in [2.45, 2.75) is 57.5 Å². The van der Waals surface area contributed by atoms with Crippen LogP contribution in [0.15, 0.2) is 12.2 Å². The molecule has 3 fully saturated rings. The number of fused-ring (bicyclic) bond motifs is 1. The summed E-state index contributed by atoms with van der Waals surface area (Å²) in [5, 5.41) is 0. The first-order valence-corrected chi connectivity index (χ1v) is 6.59. The highest BCUT2D eigenvalue weighted by molar-refractivity contribution is 5.43. The molecule has 1 aliphatic heterocycles. The summed E-state index contributed by atoms with van der Waals surface area (Å²) in [5.41, 5.74) is 0.493. The summed E-state index contributed by atoms with van der Waals surface area (Å²) in [6, 6.07) is 0. The number of hydrogen-bond donors (Lipinski definition) is 0. The highest BCUT2D eigenvalue weighted by atomic mass is 16.5. The van der Waals surface area contributed by atoms with Crippen molar-refractivity contribution in [3.63, 3.8) is 0 Å². The molecule has 7 atom stereocenters. The van der Waals surface area contributed by atoms with Crippen LogP contribution in [-0.4, -0.2) is 23.9 Å². The lowest BCUT2D eigenvalue weighted by Gasteiger charge is -2.34. The van der Waals surface area contributed by atoms with Crippen LogP contribution in [0.2, 0.25) is 0 Å². The van der Waals surface area contributed by atoms with Crippen LogP contribution in [0.3, 0.4) is 0 Å². The fraction of sp³-hybridized carbons (Fsp3) is 0.857. The molecule has 0 N–H and O–H groups in total. The van der Waals surface area contributed by atoms with Gasteiger partial charge in [0.05, 0.1) is 23.9 Å². The molecular formula is C14H20O2. The quantitative estimate of drug-likeness (QED) is 0.584. The predicted molar refractivity (Wildman–Crippen MR) is 61.1 cm³/mol. The van der Waals surface area contributed by atoms with Gasteiger partial charge >= 0.3 is 0 Å². The second-order valence-electron chi connectivity index (χ2n) is 6.45. The predicted octanol–water partition coefficient (Wildman–Crippen LogP) is 2.53. The summed E-state index contributed by atoms with van der Waals surface area (Å²) in [4.78, 5) is 0. The zero-order chi connectivity index (χ0) is 11.1. The lowest BCUT2D eigenvalue weighted by Crippen LogP contribution is -2.39. The molecule has 0 radical (unpaired) electrons. The van der Waals surface area contributed by atoms with Crippen LogP contribution < -0.4 is 0 Å². The fourth-order valence-electron chi connectivity index (χ4n) is 4.88. The van der Waals surface area contributed by atoms with Gasteiger partial charge in [-0.15, -0.1) is 0 Å². The van der Waals surface area contributed by atoms with Crippen molar-refractivity contribution in [1.29, 1.82) is 0 Å². The number of rotatable bonds is 0. The second-order valence-corrected chi connectivity index (χ2v) is 6.45. The maximum absolute atomic E-state index is 6.46. The molecule has 2 heteroatoms. The molecule has 2 saturated carbocycles. The van der Waals surface area contributed by atoms with Crippen LogP contribution in [0.25, 0.3) is 0 Å². The lowest BCUT2D eigenvalue weighted by molar-refractivity contribution is -0.130. The smallest absolute Gasteiger partial charge is 0.0902 e. The van der Waals surface area contributed by atoms with Crippen LogP contribution in [0.4, 0.5) is 0 Å². The van der Waals surface area contributed by atoms with Gasteiger partial charge in [0.2, 0.25) is 0 Å². The molecule has 2 bridgehead atoms. The summed E-state index contributed by atoms with van der Waals surface area (Å²) in [5.74, 6) is 1.19. The van der Waals surface area contributed by atoms with Gasteiger partial charge in [0.15, 0.2) is 0 Å². The highest BCUT2D eigenvalue weighted by Gasteiger charge is 2.84. The van der Waals surface area contributed by atoms with Gasteiger partial charge in [-0.05, 0) is 26.7 Å². The summed E-state index contributed by atoms with van der Waals surface area (Å²) in [6.45, 7) is 6.77. The molecule has 4 aliphatic rings. The van der Waals surface area contributed by atoms with Crippen LogP contribution in [0.1, 0.15) is 33.6 Å². The molecule has 1 spiro atoms. The van der Waals surface area contributed by atoms with E-state index in [-0.39, 0.29) is 5.60 Å². The Morgan fingerprint density at radius 2 is 2.00 bits per heavy atom. The van der Waals surface area contributed by atoms with Gasteiger partial charge in [0.1, 0.15) is 0 Å². The molecular weight excluding hydrogens is 200 g/mol. The Morgan fingerprint density at radius 3 is 2.81 bits per heavy atom. The molecule has 1 heterocycles. The molecule has 1 saturated heterocycles. The van der Waals surface area contributed by atoms with Crippen molar-refractivity contribution in [2.24, 2.45) is 17.3 Å². The molecule has 0 amide bonds. The van der Waals surface area contributed by atoms with E-state index in [1.807, 2.05) is 0 Å². The van der Waals surface area contributed by atoms with E-state index in [0.29, 0.717) is 35.6 Å². The minimum atomic E-state index is 0.122. The Morgan fingerprint density at radius 1 is 1.19 bits per heavy atom. The van der Waals surface area contributed by atoms with E-state index in [1.54, 1.807) is 0 Å². The van der Waals surface area contributed by atoms with Gasteiger partial charge in [-0.25, -0.2) is 0 Å². The summed E-state index contributed by atoms with van der Waals surface area (Å²) < 4.78 is 12.7. The van der Waals surface area contributed by atoms with Crippen molar-refractivity contribution in [3.05, 3.63) is 12.2 Å². The van der Waals surface area contributed by atoms with E-state index in [1.165, 1.54) is 6.42 Å². The van der Waals surface area contributed by atoms with E-state index < -0.39 is 0 Å². The Hall–Kier alpha value is -0.340. The van der Waals surface area contributed by atoms with Gasteiger partial charge < -0.3 is 9.47 Å². The first kappa shape index (κ1) is 9.67. The minimum absolute atomic E-state index is 0.122. The Bertz CT molecular complexity index is 377. The van der Waals surface area contributed by atoms with E-state index in [2.05, 4.69) is 32.9 Å². The van der Waals surface area contributed by atoms with Crippen LogP contribution >= 0.6 is 0 Å². The van der Waals surface area contributed by atoms with Crippen molar-refractivity contribution >= 4 is 0 Å². The van der Waals surface area contributed by atoms with Gasteiger partial charge in [-0.1, -0.05) is 19.1 Å². The third kappa shape index (κ3) is 0.820. The molecule has 3 aliphatic carbocycles. The third-order valence-electron chi connectivity index (χ3n) is 5.46. The van der Waals surface area contributed by atoms with Gasteiger partial charge in [0, 0.05) is 17.3 Å². The standard InChI is InChI=1S/C14H20O2/c1-8-6-9(2)16-14-10-4-5-12(14)13(14,3)7-11(10)15-8/h4-5,8-12H,6-7H2,1-3H3/t8-,9+,10-,11+,12+,13-,14-/m1/s1. The van der Waals surface area contributed by atoms with Crippen LogP contribution in [0, 0.1) is 17.3 Å². The second kappa shape index (κ2) is 2.56. The molecule has 4 rings (SSSR count). The molecule has 2 nitrogen and oxygen atoms in total. The maximum atomic E-state index is 6.46. The fourth-order valence-corrected chi connectivity index (χ4v) is 4.88. The number of ether oxygens (including phenoxy) is 2. The van der Waals surface area contributed by atoms with Crippen molar-refractivity contribution in [2.75, 3.05) is 0 Å². The van der Waals surface area contributed by atoms with Crippen molar-refractivity contribution < 1.29 is 9.47 Å². The van der Waals surface area contributed by atoms with Crippen LogP contribution in [-0.2, 0) is 9.47 Å². The van der Waals surface area contributed by atoms with E-state index >= 15 is 0 Å². The SMILES string of the molecule is C[C@@H]1C[C@H](C)O[C@]23[C@@H]4C=C[C@H]2[C@@]3(C)C[C@@H]4O1. The first-order chi connectivity index (χ1) is 7.58. The van der Waals surface area contributed by atoms with E-state index in [0.717, 1.165) is 6.42 Å². The Kier molecular flexibility index (Phi) is 1.55. The zero-order valence-electron chi connectivity index (χ0n) is 10.3. The molecule has 0 aromatic heterocycles. The average Bonchev–Trinajstić information content (AvgIpc) is 2.48. The average molecular weight is 220 g/mol.